The third-order valence-electron chi connectivity index (χ3n) is 7.49. The minimum atomic E-state index is -0.439. The summed E-state index contributed by atoms with van der Waals surface area (Å²) in [6.07, 6.45) is 0. The van der Waals surface area contributed by atoms with Gasteiger partial charge in [0.25, 0.3) is 0 Å². The fraction of sp³-hybridized carbons (Fsp3) is 0.100. The lowest BCUT2D eigenvalue weighted by atomic mass is 10.0. The van der Waals surface area contributed by atoms with Crippen molar-refractivity contribution in [1.29, 1.82) is 0 Å². The molecule has 0 saturated heterocycles. The number of carbonyl (C=O) groups excluding carboxylic acids is 2. The van der Waals surface area contributed by atoms with E-state index >= 15 is 0 Å². The van der Waals surface area contributed by atoms with E-state index in [1.807, 2.05) is 24.3 Å². The van der Waals surface area contributed by atoms with Gasteiger partial charge in [-0.15, -0.1) is 0 Å². The van der Waals surface area contributed by atoms with Crippen molar-refractivity contribution in [3.8, 4) is 33.8 Å². The van der Waals surface area contributed by atoms with Crippen LogP contribution >= 0.6 is 0 Å². The topological polar surface area (TPSA) is 55.8 Å². The molecule has 0 spiro atoms. The van der Waals surface area contributed by atoms with E-state index < -0.39 is 11.9 Å². The van der Waals surface area contributed by atoms with Gasteiger partial charge in [0, 0.05) is 28.2 Å². The highest BCUT2D eigenvalue weighted by Crippen LogP contribution is 2.37. The van der Waals surface area contributed by atoms with Gasteiger partial charge in [0.2, 0.25) is 0 Å². The van der Waals surface area contributed by atoms with E-state index in [1.54, 1.807) is 38.1 Å². The van der Waals surface area contributed by atoms with Crippen LogP contribution in [0.15, 0.2) is 140 Å². The second-order valence-electron chi connectivity index (χ2n) is 11.1. The molecule has 0 aromatic heterocycles. The van der Waals surface area contributed by atoms with Gasteiger partial charge in [-0.25, -0.2) is 9.59 Å². The largest absolute Gasteiger partial charge is 0.423 e. The molecule has 0 bridgehead atoms. The van der Waals surface area contributed by atoms with Crippen LogP contribution in [0.25, 0.3) is 22.3 Å². The Hall–Kier alpha value is -5.68. The number of carbonyl (C=O) groups is 2. The molecule has 0 heterocycles. The second kappa shape index (κ2) is 13.3. The summed E-state index contributed by atoms with van der Waals surface area (Å²) in [7, 11) is 0. The number of nitrogens with zero attached hydrogens (tertiary/aromatic N) is 1. The minimum Gasteiger partial charge on any atom is -0.423 e. The monoisotopic (exact) mass is 593 g/mol. The first-order valence-corrected chi connectivity index (χ1v) is 14.6. The maximum Gasteiger partial charge on any atom is 0.338 e. The molecule has 45 heavy (non-hydrogen) atoms. The Morgan fingerprint density at radius 3 is 1.16 bits per heavy atom. The van der Waals surface area contributed by atoms with Crippen LogP contribution in [0.2, 0.25) is 0 Å². The molecule has 0 aliphatic rings. The Labute approximate surface area is 264 Å². The first-order valence-electron chi connectivity index (χ1n) is 14.6. The van der Waals surface area contributed by atoms with Crippen molar-refractivity contribution in [2.45, 2.75) is 27.7 Å². The molecule has 5 aromatic carbocycles. The Balaban J connectivity index is 1.42. The molecule has 0 saturated carbocycles. The quantitative estimate of drug-likeness (QED) is 0.0967. The summed E-state index contributed by atoms with van der Waals surface area (Å²) in [5.41, 5.74) is 10.4. The number of hydrogen-bond acceptors (Lipinski definition) is 5. The molecule has 0 radical (unpaired) electrons. The van der Waals surface area contributed by atoms with Crippen LogP contribution in [0, 0.1) is 13.8 Å². The van der Waals surface area contributed by atoms with E-state index in [0.29, 0.717) is 22.6 Å². The van der Waals surface area contributed by atoms with E-state index in [4.69, 9.17) is 9.47 Å². The van der Waals surface area contributed by atoms with Gasteiger partial charge in [-0.1, -0.05) is 67.8 Å². The SMILES string of the molecule is C=C(C)C(=O)Oc1ccc(-c2ccc(N(c3ccc(-c4ccc(OC(=O)C(=C)C)cc4)cc3)c3ccc(C)c(C)c3)cc2)cc1. The summed E-state index contributed by atoms with van der Waals surface area (Å²) < 4.78 is 10.7. The summed E-state index contributed by atoms with van der Waals surface area (Å²) in [6.45, 7) is 14.7. The minimum absolute atomic E-state index is 0.357. The lowest BCUT2D eigenvalue weighted by molar-refractivity contribution is -0.130. The average Bonchev–Trinajstić information content (AvgIpc) is 3.04. The molecule has 224 valence electrons. The Morgan fingerprint density at radius 2 is 0.822 bits per heavy atom. The molecule has 0 aliphatic heterocycles. The summed E-state index contributed by atoms with van der Waals surface area (Å²) in [6, 6.07) is 38.2. The van der Waals surface area contributed by atoms with Gasteiger partial charge in [-0.2, -0.15) is 0 Å². The molecular weight excluding hydrogens is 558 g/mol. The van der Waals surface area contributed by atoms with E-state index in [0.717, 1.165) is 39.3 Å². The van der Waals surface area contributed by atoms with Gasteiger partial charge in [0.05, 0.1) is 0 Å². The highest BCUT2D eigenvalue weighted by molar-refractivity contribution is 5.89. The first-order chi connectivity index (χ1) is 21.6. The molecule has 0 atom stereocenters. The fourth-order valence-corrected chi connectivity index (χ4v) is 4.74. The lowest BCUT2D eigenvalue weighted by Crippen LogP contribution is -2.10. The van der Waals surface area contributed by atoms with Crippen LogP contribution in [0.4, 0.5) is 17.1 Å². The molecule has 5 nitrogen and oxygen atoms in total. The lowest BCUT2D eigenvalue weighted by Gasteiger charge is -2.26. The Kier molecular flexibility index (Phi) is 9.10. The smallest absolute Gasteiger partial charge is 0.338 e. The Bertz CT molecular complexity index is 1750. The van der Waals surface area contributed by atoms with Crippen LogP contribution in [0.5, 0.6) is 11.5 Å². The molecule has 0 fully saturated rings. The van der Waals surface area contributed by atoms with Gasteiger partial charge in [0.15, 0.2) is 0 Å². The average molecular weight is 594 g/mol. The van der Waals surface area contributed by atoms with Crippen molar-refractivity contribution in [2.24, 2.45) is 0 Å². The predicted octanol–water partition coefficient (Wildman–Crippen LogP) is 10.1. The maximum atomic E-state index is 11.9. The summed E-state index contributed by atoms with van der Waals surface area (Å²) >= 11 is 0. The van der Waals surface area contributed by atoms with Crippen LogP contribution in [0.3, 0.4) is 0 Å². The summed E-state index contributed by atoms with van der Waals surface area (Å²) in [4.78, 5) is 25.9. The van der Waals surface area contributed by atoms with Gasteiger partial charge < -0.3 is 14.4 Å². The van der Waals surface area contributed by atoms with E-state index in [2.05, 4.69) is 98.6 Å². The molecule has 0 unspecified atom stereocenters. The predicted molar refractivity (Wildman–Crippen MR) is 182 cm³/mol. The molecule has 5 heteroatoms. The summed E-state index contributed by atoms with van der Waals surface area (Å²) in [5.74, 6) is 0.0851. The molecule has 0 amide bonds. The van der Waals surface area contributed by atoms with Crippen molar-refractivity contribution in [2.75, 3.05) is 4.90 Å². The number of esters is 2. The van der Waals surface area contributed by atoms with Crippen LogP contribution in [-0.4, -0.2) is 11.9 Å². The number of hydrogen-bond donors (Lipinski definition) is 0. The highest BCUT2D eigenvalue weighted by atomic mass is 16.5. The molecule has 0 aliphatic carbocycles. The van der Waals surface area contributed by atoms with Crippen molar-refractivity contribution in [1.82, 2.24) is 0 Å². The fourth-order valence-electron chi connectivity index (χ4n) is 4.74. The number of benzene rings is 5. The number of rotatable bonds is 9. The van der Waals surface area contributed by atoms with E-state index in [1.165, 1.54) is 11.1 Å². The first kappa shape index (κ1) is 30.8. The third-order valence-corrected chi connectivity index (χ3v) is 7.49. The number of aryl methyl sites for hydroxylation is 2. The van der Waals surface area contributed by atoms with Gasteiger partial charge >= 0.3 is 11.9 Å². The van der Waals surface area contributed by atoms with E-state index in [9.17, 15) is 9.59 Å². The molecule has 5 aromatic rings. The third kappa shape index (κ3) is 7.28. The molecular formula is C40H35NO4. The van der Waals surface area contributed by atoms with Crippen LogP contribution in [-0.2, 0) is 9.59 Å². The zero-order chi connectivity index (χ0) is 32.1. The maximum absolute atomic E-state index is 11.9. The standard InChI is InChI=1S/C40H35NO4/c1-26(2)39(42)44-37-21-12-32(13-22-37)30-8-17-34(18-9-30)41(36-16-7-28(5)29(6)25-36)35-19-10-31(11-20-35)33-14-23-38(24-15-33)45-40(43)27(3)4/h7-25H,1,3H2,2,4-6H3. The van der Waals surface area contributed by atoms with Crippen LogP contribution in [0.1, 0.15) is 25.0 Å². The van der Waals surface area contributed by atoms with Crippen molar-refractivity contribution in [3.05, 3.63) is 151 Å². The molecule has 5 rings (SSSR count). The van der Waals surface area contributed by atoms with Gasteiger partial charge in [-0.3, -0.25) is 0 Å². The van der Waals surface area contributed by atoms with Crippen molar-refractivity contribution >= 4 is 29.0 Å². The zero-order valence-corrected chi connectivity index (χ0v) is 26.0. The van der Waals surface area contributed by atoms with E-state index in [-0.39, 0.29) is 0 Å². The second-order valence-corrected chi connectivity index (χ2v) is 11.1. The van der Waals surface area contributed by atoms with Gasteiger partial charge in [0.1, 0.15) is 11.5 Å². The summed E-state index contributed by atoms with van der Waals surface area (Å²) in [5, 5.41) is 0. The normalized spacial score (nSPS) is 10.6. The van der Waals surface area contributed by atoms with Crippen LogP contribution < -0.4 is 14.4 Å². The zero-order valence-electron chi connectivity index (χ0n) is 26.0. The van der Waals surface area contributed by atoms with Crippen molar-refractivity contribution < 1.29 is 19.1 Å². The number of anilines is 3. The highest BCUT2D eigenvalue weighted by Gasteiger charge is 2.15. The Morgan fingerprint density at radius 1 is 0.489 bits per heavy atom. The van der Waals surface area contributed by atoms with Gasteiger partial charge in [-0.05, 0) is 122 Å². The molecule has 0 N–H and O–H groups in total. The van der Waals surface area contributed by atoms with Crippen molar-refractivity contribution in [3.63, 3.8) is 0 Å². The number of ether oxygens (including phenoxy) is 2.